The van der Waals surface area contributed by atoms with Crippen molar-refractivity contribution >= 4 is 14.1 Å². The number of aliphatic hydroxyl groups is 1. The second-order valence-electron chi connectivity index (χ2n) is 4.57. The van der Waals surface area contributed by atoms with E-state index in [1.54, 1.807) is 0 Å². The number of aldehydes is 1. The number of H-pyrrole nitrogens is 1. The van der Waals surface area contributed by atoms with Gasteiger partial charge in [0.25, 0.3) is 5.56 Å². The van der Waals surface area contributed by atoms with E-state index in [2.05, 4.69) is 4.52 Å². The highest BCUT2D eigenvalue weighted by molar-refractivity contribution is 7.46. The lowest BCUT2D eigenvalue weighted by Crippen LogP contribution is -2.35. The molecule has 2 heterocycles. The molecule has 1 fully saturated rings. The minimum absolute atomic E-state index is 0.123. The topological polar surface area (TPSA) is 168 Å². The van der Waals surface area contributed by atoms with Crippen LogP contribution in [0, 0.1) is 0 Å². The van der Waals surface area contributed by atoms with Crippen molar-refractivity contribution in [3.05, 3.63) is 32.6 Å². The molecule has 11 nitrogen and oxygen atoms in total. The Bertz CT molecular complexity index is 720. The molecule has 0 spiro atoms. The van der Waals surface area contributed by atoms with Crippen LogP contribution in [0.4, 0.5) is 0 Å². The van der Waals surface area contributed by atoms with Crippen molar-refractivity contribution < 1.29 is 33.5 Å². The van der Waals surface area contributed by atoms with E-state index in [1.165, 1.54) is 0 Å². The number of hydrogen-bond acceptors (Lipinski definition) is 7. The maximum atomic E-state index is 11.8. The third kappa shape index (κ3) is 3.77. The summed E-state index contributed by atoms with van der Waals surface area (Å²) in [5, 5.41) is 9.79. The van der Waals surface area contributed by atoms with Gasteiger partial charge in [0.1, 0.15) is 12.3 Å². The van der Waals surface area contributed by atoms with E-state index in [0.29, 0.717) is 0 Å². The van der Waals surface area contributed by atoms with Gasteiger partial charge >= 0.3 is 13.5 Å². The van der Waals surface area contributed by atoms with Gasteiger partial charge < -0.3 is 19.6 Å². The Morgan fingerprint density at radius 3 is 2.77 bits per heavy atom. The number of nitrogens with zero attached hydrogens (tertiary/aromatic N) is 1. The standard InChI is InChI=1S/C10H13N2O9P/c13-3-5-1-8(15)11-10(16)12(5)9-2-6(14)7(21-9)4-20-22(17,18)19/h1,3,6-7,9,14H,2,4H2,(H,11,15,16)(H2,17,18,19)/t6-,7+,9+/m0/s1. The smallest absolute Gasteiger partial charge is 0.390 e. The van der Waals surface area contributed by atoms with E-state index >= 15 is 0 Å². The molecule has 1 saturated heterocycles. The molecule has 3 atom stereocenters. The third-order valence-electron chi connectivity index (χ3n) is 3.03. The number of nitrogens with one attached hydrogen (secondary N) is 1. The molecule has 0 bridgehead atoms. The molecule has 2 rings (SSSR count). The minimum Gasteiger partial charge on any atom is -0.390 e. The van der Waals surface area contributed by atoms with Gasteiger partial charge in [-0.25, -0.2) is 9.36 Å². The summed E-state index contributed by atoms with van der Waals surface area (Å²) in [6.45, 7) is -0.601. The van der Waals surface area contributed by atoms with Crippen molar-refractivity contribution in [1.29, 1.82) is 0 Å². The van der Waals surface area contributed by atoms with E-state index in [9.17, 15) is 24.1 Å². The van der Waals surface area contributed by atoms with E-state index in [0.717, 1.165) is 10.6 Å². The highest BCUT2D eigenvalue weighted by atomic mass is 31.2. The Balaban J connectivity index is 2.22. The summed E-state index contributed by atoms with van der Waals surface area (Å²) in [6.07, 6.45) is -3.19. The van der Waals surface area contributed by atoms with Gasteiger partial charge in [0.05, 0.1) is 18.4 Å². The van der Waals surface area contributed by atoms with Crippen molar-refractivity contribution in [3.63, 3.8) is 0 Å². The van der Waals surface area contributed by atoms with Gasteiger partial charge in [0.15, 0.2) is 6.29 Å². The average Bonchev–Trinajstić information content (AvgIpc) is 2.75. The summed E-state index contributed by atoms with van der Waals surface area (Å²) in [7, 11) is -4.73. The summed E-state index contributed by atoms with van der Waals surface area (Å²) in [6, 6.07) is 0.892. The van der Waals surface area contributed by atoms with Crippen molar-refractivity contribution in [2.45, 2.75) is 24.9 Å². The van der Waals surface area contributed by atoms with Crippen LogP contribution in [0.3, 0.4) is 0 Å². The van der Waals surface area contributed by atoms with Gasteiger partial charge in [-0.15, -0.1) is 0 Å². The van der Waals surface area contributed by atoms with Crippen LogP contribution in [-0.2, 0) is 13.8 Å². The molecule has 4 N–H and O–H groups in total. The molecule has 0 amide bonds. The van der Waals surface area contributed by atoms with Gasteiger partial charge in [0, 0.05) is 12.5 Å². The molecule has 0 aliphatic carbocycles. The van der Waals surface area contributed by atoms with Crippen LogP contribution in [0.5, 0.6) is 0 Å². The monoisotopic (exact) mass is 336 g/mol. The summed E-state index contributed by atoms with van der Waals surface area (Å²) in [4.78, 5) is 53.1. The minimum atomic E-state index is -4.73. The molecule has 12 heteroatoms. The molecule has 1 aromatic heterocycles. The normalized spacial score (nSPS) is 25.3. The maximum absolute atomic E-state index is 11.8. The van der Waals surface area contributed by atoms with Gasteiger partial charge in [-0.05, 0) is 0 Å². The van der Waals surface area contributed by atoms with Gasteiger partial charge in [-0.3, -0.25) is 23.7 Å². The largest absolute Gasteiger partial charge is 0.469 e. The van der Waals surface area contributed by atoms with Crippen LogP contribution in [0.2, 0.25) is 0 Å². The lowest BCUT2D eigenvalue weighted by atomic mass is 10.2. The third-order valence-corrected chi connectivity index (χ3v) is 3.51. The predicted molar refractivity (Wildman–Crippen MR) is 69.2 cm³/mol. The first-order valence-electron chi connectivity index (χ1n) is 6.06. The van der Waals surface area contributed by atoms with Crippen LogP contribution >= 0.6 is 7.82 Å². The van der Waals surface area contributed by atoms with Gasteiger partial charge in [0.2, 0.25) is 0 Å². The second-order valence-corrected chi connectivity index (χ2v) is 5.81. The molecule has 0 saturated carbocycles. The van der Waals surface area contributed by atoms with Crippen LogP contribution in [0.15, 0.2) is 15.7 Å². The molecular weight excluding hydrogens is 323 g/mol. The number of phosphoric acid groups is 1. The van der Waals surface area contributed by atoms with Crippen LogP contribution in [0.1, 0.15) is 23.1 Å². The molecule has 0 aromatic carbocycles. The predicted octanol–water partition coefficient (Wildman–Crippen LogP) is -1.89. The van der Waals surface area contributed by atoms with E-state index in [1.807, 2.05) is 4.98 Å². The highest BCUT2D eigenvalue weighted by Gasteiger charge is 2.37. The number of ether oxygens (including phenoxy) is 1. The number of phosphoric ester groups is 1. The number of aromatic nitrogens is 2. The number of hydrogen-bond donors (Lipinski definition) is 4. The Hall–Kier alpha value is -1.62. The number of carbonyl (C=O) groups is 1. The van der Waals surface area contributed by atoms with E-state index < -0.39 is 44.1 Å². The summed E-state index contributed by atoms with van der Waals surface area (Å²) >= 11 is 0. The zero-order chi connectivity index (χ0) is 16.5. The Labute approximate surface area is 122 Å². The molecule has 122 valence electrons. The van der Waals surface area contributed by atoms with Crippen LogP contribution < -0.4 is 11.2 Å². The molecule has 1 aromatic rings. The second kappa shape index (κ2) is 6.24. The van der Waals surface area contributed by atoms with E-state index in [4.69, 9.17) is 14.5 Å². The fourth-order valence-corrected chi connectivity index (χ4v) is 2.45. The molecule has 22 heavy (non-hydrogen) atoms. The van der Waals surface area contributed by atoms with Crippen molar-refractivity contribution in [3.8, 4) is 0 Å². The number of aromatic amines is 1. The first-order chi connectivity index (χ1) is 10.2. The number of aliphatic hydroxyl groups excluding tert-OH is 1. The molecule has 0 unspecified atom stereocenters. The fraction of sp³-hybridized carbons (Fsp3) is 0.500. The van der Waals surface area contributed by atoms with Crippen LogP contribution in [0.25, 0.3) is 0 Å². The first kappa shape index (κ1) is 16.7. The quantitative estimate of drug-likeness (QED) is 0.354. The molecular formula is C10H13N2O9P. The number of carbonyl (C=O) groups excluding carboxylic acids is 1. The maximum Gasteiger partial charge on any atom is 0.469 e. The van der Waals surface area contributed by atoms with Crippen molar-refractivity contribution in [2.24, 2.45) is 0 Å². The van der Waals surface area contributed by atoms with Crippen molar-refractivity contribution in [2.75, 3.05) is 6.61 Å². The molecule has 0 radical (unpaired) electrons. The highest BCUT2D eigenvalue weighted by Crippen LogP contribution is 2.38. The lowest BCUT2D eigenvalue weighted by molar-refractivity contribution is -0.0454. The lowest BCUT2D eigenvalue weighted by Gasteiger charge is -2.17. The zero-order valence-corrected chi connectivity index (χ0v) is 11.9. The summed E-state index contributed by atoms with van der Waals surface area (Å²) in [5.74, 6) is 0. The Kier molecular flexibility index (Phi) is 4.75. The molecule has 1 aliphatic heterocycles. The fourth-order valence-electron chi connectivity index (χ4n) is 2.10. The summed E-state index contributed by atoms with van der Waals surface area (Å²) < 4.78 is 21.0. The Morgan fingerprint density at radius 1 is 1.50 bits per heavy atom. The van der Waals surface area contributed by atoms with Crippen LogP contribution in [-0.4, -0.2) is 49.5 Å². The summed E-state index contributed by atoms with van der Waals surface area (Å²) in [5.41, 5.74) is -1.91. The van der Waals surface area contributed by atoms with Crippen molar-refractivity contribution in [1.82, 2.24) is 9.55 Å². The Morgan fingerprint density at radius 2 is 2.18 bits per heavy atom. The average molecular weight is 336 g/mol. The first-order valence-corrected chi connectivity index (χ1v) is 7.59. The molecule has 1 aliphatic rings. The van der Waals surface area contributed by atoms with E-state index in [-0.39, 0.29) is 18.4 Å². The SMILES string of the molecule is O=Cc1cc(=O)[nH]c(=O)n1[C@H]1C[C@H](O)[C@@H](COP(=O)(O)O)O1. The van der Waals surface area contributed by atoms with Gasteiger partial charge in [-0.1, -0.05) is 0 Å². The zero-order valence-electron chi connectivity index (χ0n) is 11.0. The van der Waals surface area contributed by atoms with Gasteiger partial charge in [-0.2, -0.15) is 0 Å². The number of rotatable bonds is 5.